The topological polar surface area (TPSA) is 209 Å². The maximum absolute atomic E-state index is 14.9. The van der Waals surface area contributed by atoms with Gasteiger partial charge in [-0.3, -0.25) is 23.5 Å². The zero-order chi connectivity index (χ0) is 40.9. The van der Waals surface area contributed by atoms with E-state index < -0.39 is 87.7 Å². The molecular formula is C39H59N5O10S. The van der Waals surface area contributed by atoms with E-state index in [4.69, 9.17) is 19.9 Å². The number of hydrogen-bond acceptors (Lipinski definition) is 12. The number of ether oxygens (including phenoxy) is 3. The number of alkyl carbamates (subject to hydrolysis) is 1. The predicted molar refractivity (Wildman–Crippen MR) is 206 cm³/mol. The van der Waals surface area contributed by atoms with E-state index in [1.54, 1.807) is 78.8 Å². The average molecular weight is 790 g/mol. The Morgan fingerprint density at radius 3 is 2.22 bits per heavy atom. The highest BCUT2D eigenvalue weighted by Gasteiger charge is 2.42. The van der Waals surface area contributed by atoms with Crippen molar-refractivity contribution >= 4 is 40.8 Å². The third kappa shape index (κ3) is 15.5. The van der Waals surface area contributed by atoms with Gasteiger partial charge < -0.3 is 30.4 Å². The number of imide groups is 1. The van der Waals surface area contributed by atoms with Gasteiger partial charge in [-0.15, -0.1) is 0 Å². The fourth-order valence-electron chi connectivity index (χ4n) is 6.37. The molecule has 1 aliphatic rings. The summed E-state index contributed by atoms with van der Waals surface area (Å²) in [5.41, 5.74) is 5.80. The van der Waals surface area contributed by atoms with Crippen LogP contribution in [0.3, 0.4) is 0 Å². The van der Waals surface area contributed by atoms with E-state index >= 15 is 0 Å². The molecule has 1 fully saturated rings. The van der Waals surface area contributed by atoms with Gasteiger partial charge in [-0.1, -0.05) is 62.4 Å². The molecule has 1 aromatic heterocycles. The number of esters is 1. The van der Waals surface area contributed by atoms with Gasteiger partial charge in [0.25, 0.3) is 5.91 Å². The predicted octanol–water partition coefficient (Wildman–Crippen LogP) is 4.04. The van der Waals surface area contributed by atoms with Crippen molar-refractivity contribution in [3.05, 3.63) is 54.1 Å². The number of carbonyl (C=O) groups is 5. The summed E-state index contributed by atoms with van der Waals surface area (Å²) in [6, 6.07) is 4.88. The van der Waals surface area contributed by atoms with Crippen molar-refractivity contribution in [2.24, 2.45) is 11.7 Å². The molecule has 1 aliphatic carbocycles. The smallest absolute Gasteiger partial charge is 0.419 e. The van der Waals surface area contributed by atoms with Crippen LogP contribution in [0.1, 0.15) is 98.2 Å². The third-order valence-electron chi connectivity index (χ3n) is 8.75. The number of amides is 3. The zero-order valence-corrected chi connectivity index (χ0v) is 34.0. The molecule has 1 aromatic carbocycles. The van der Waals surface area contributed by atoms with Crippen LogP contribution in [-0.4, -0.2) is 107 Å². The van der Waals surface area contributed by atoms with Crippen LogP contribution in [0.2, 0.25) is 0 Å². The molecule has 0 aliphatic heterocycles. The fourth-order valence-corrected chi connectivity index (χ4v) is 7.44. The van der Waals surface area contributed by atoms with E-state index in [1.165, 1.54) is 12.5 Å². The largest absolute Gasteiger partial charge is 0.465 e. The van der Waals surface area contributed by atoms with Gasteiger partial charge in [0.15, 0.2) is 0 Å². The van der Waals surface area contributed by atoms with E-state index in [2.05, 4.69) is 10.3 Å². The summed E-state index contributed by atoms with van der Waals surface area (Å²) >= 11 is 0. The van der Waals surface area contributed by atoms with E-state index in [1.807, 2.05) is 0 Å². The first-order chi connectivity index (χ1) is 25.8. The quantitative estimate of drug-likeness (QED) is 0.163. The molecule has 15 nitrogen and oxygen atoms in total. The lowest BCUT2D eigenvalue weighted by atomic mass is 9.83. The molecule has 306 valence electrons. The molecule has 2 aromatic rings. The molecule has 4 N–H and O–H groups in total. The number of aromatic nitrogens is 2. The summed E-state index contributed by atoms with van der Waals surface area (Å²) in [5.74, 6) is -3.37. The Labute approximate surface area is 326 Å². The minimum absolute atomic E-state index is 0.00197. The number of imidazole rings is 1. The van der Waals surface area contributed by atoms with Gasteiger partial charge in [0.05, 0.1) is 36.2 Å². The molecule has 0 saturated heterocycles. The van der Waals surface area contributed by atoms with Crippen LogP contribution in [0.5, 0.6) is 0 Å². The second-order valence-electron chi connectivity index (χ2n) is 15.9. The second-order valence-corrected chi connectivity index (χ2v) is 17.4. The van der Waals surface area contributed by atoms with Crippen LogP contribution in [0.25, 0.3) is 0 Å². The van der Waals surface area contributed by atoms with E-state index in [0.29, 0.717) is 5.56 Å². The molecule has 1 unspecified atom stereocenters. The lowest BCUT2D eigenvalue weighted by Gasteiger charge is -2.39. The number of nitrogens with one attached hydrogen (secondary N) is 1. The Morgan fingerprint density at radius 2 is 1.62 bits per heavy atom. The van der Waals surface area contributed by atoms with E-state index in [-0.39, 0.29) is 37.5 Å². The molecule has 1 heterocycles. The highest BCUT2D eigenvalue weighted by molar-refractivity contribution is 7.85. The van der Waals surface area contributed by atoms with Crippen molar-refractivity contribution in [2.45, 2.75) is 135 Å². The molecule has 3 rings (SSSR count). The van der Waals surface area contributed by atoms with Gasteiger partial charge in [0.1, 0.15) is 29.3 Å². The van der Waals surface area contributed by atoms with Crippen molar-refractivity contribution in [3.8, 4) is 0 Å². The summed E-state index contributed by atoms with van der Waals surface area (Å²) in [5, 5.41) is 14.5. The van der Waals surface area contributed by atoms with E-state index in [9.17, 15) is 33.3 Å². The summed E-state index contributed by atoms with van der Waals surface area (Å²) in [6.07, 6.45) is 3.82. The molecule has 16 heteroatoms. The maximum atomic E-state index is 14.9. The minimum atomic E-state index is -1.92. The number of nitrogens with zero attached hydrogens (tertiary/aromatic N) is 3. The van der Waals surface area contributed by atoms with Crippen LogP contribution >= 0.6 is 0 Å². The van der Waals surface area contributed by atoms with Crippen LogP contribution in [0, 0.1) is 5.92 Å². The Bertz CT molecular complexity index is 1610. The average Bonchev–Trinajstić information content (AvgIpc) is 3.55. The van der Waals surface area contributed by atoms with Gasteiger partial charge in [0.2, 0.25) is 5.91 Å². The standard InChI is InChI=1S/C39H59N5O10S/c1-8-52-33(46)24-55(51)23-32(45)31(20-27-17-13-10-14-18-27)44(34(47)29(40)21-28-22-43(25-41-28)37(50)54-39(5,6)7)35(48)30(19-26-15-11-9-12-16-26)42-36(49)53-38(2,3)4/h9,11-12,15-16,22,25,27,29-32,45H,8,10,13-14,17-21,23-24,40H2,1-7H3,(H,42,49)/t29-,30-,31-,32-,55?/m0/s1. The molecule has 3 amide bonds. The number of rotatable bonds is 16. The second kappa shape index (κ2) is 20.7. The third-order valence-corrected chi connectivity index (χ3v) is 10.0. The van der Waals surface area contributed by atoms with Crippen molar-refractivity contribution < 1.29 is 47.5 Å². The molecule has 55 heavy (non-hydrogen) atoms. The molecule has 0 bridgehead atoms. The first kappa shape index (κ1) is 45.2. The van der Waals surface area contributed by atoms with Crippen LogP contribution in [0.4, 0.5) is 9.59 Å². The summed E-state index contributed by atoms with van der Waals surface area (Å²) in [4.78, 5) is 72.8. The minimum Gasteiger partial charge on any atom is -0.465 e. The normalized spacial score (nSPS) is 16.5. The van der Waals surface area contributed by atoms with Gasteiger partial charge in [-0.05, 0) is 66.4 Å². The SMILES string of the molecule is CCOC(=O)CS(=O)C[C@H](O)[C@H](CC1CCCCC1)N(C(=O)[C@H](Cc1ccccc1)NC(=O)OC(C)(C)C)C(=O)[C@@H](N)Cc1cn(C(=O)OC(C)(C)C)cn1. The Hall–Kier alpha value is -4.15. The van der Waals surface area contributed by atoms with Gasteiger partial charge in [0, 0.05) is 29.8 Å². The number of aliphatic hydroxyl groups excluding tert-OH is 1. The fraction of sp³-hybridized carbons (Fsp3) is 0.641. The van der Waals surface area contributed by atoms with Crippen LogP contribution in [0.15, 0.2) is 42.9 Å². The zero-order valence-electron chi connectivity index (χ0n) is 33.2. The molecule has 0 spiro atoms. The van der Waals surface area contributed by atoms with Gasteiger partial charge in [-0.2, -0.15) is 0 Å². The van der Waals surface area contributed by atoms with E-state index in [0.717, 1.165) is 41.6 Å². The number of benzene rings is 1. The lowest BCUT2D eigenvalue weighted by Crippen LogP contribution is -2.62. The Balaban J connectivity index is 2.08. The first-order valence-corrected chi connectivity index (χ1v) is 20.4. The molecule has 5 atom stereocenters. The number of aliphatic hydroxyl groups is 1. The van der Waals surface area contributed by atoms with Crippen molar-refractivity contribution in [1.29, 1.82) is 0 Å². The molecular weight excluding hydrogens is 731 g/mol. The van der Waals surface area contributed by atoms with Crippen LogP contribution < -0.4 is 11.1 Å². The maximum Gasteiger partial charge on any atom is 0.419 e. The van der Waals surface area contributed by atoms with Crippen molar-refractivity contribution in [3.63, 3.8) is 0 Å². The number of carbonyl (C=O) groups excluding carboxylic acids is 5. The Morgan fingerprint density at radius 1 is 0.982 bits per heavy atom. The number of nitrogens with two attached hydrogens (primary N) is 1. The summed E-state index contributed by atoms with van der Waals surface area (Å²) in [7, 11) is -1.92. The monoisotopic (exact) mass is 789 g/mol. The summed E-state index contributed by atoms with van der Waals surface area (Å²) < 4.78 is 30.2. The summed E-state index contributed by atoms with van der Waals surface area (Å²) in [6.45, 7) is 11.9. The highest BCUT2D eigenvalue weighted by Crippen LogP contribution is 2.31. The van der Waals surface area contributed by atoms with Crippen molar-refractivity contribution in [2.75, 3.05) is 18.1 Å². The highest BCUT2D eigenvalue weighted by atomic mass is 32.2. The van der Waals surface area contributed by atoms with Gasteiger partial charge in [-0.25, -0.2) is 19.1 Å². The van der Waals surface area contributed by atoms with Crippen molar-refractivity contribution in [1.82, 2.24) is 19.8 Å². The lowest BCUT2D eigenvalue weighted by molar-refractivity contribution is -0.153. The van der Waals surface area contributed by atoms with Crippen LogP contribution in [-0.2, 0) is 52.2 Å². The first-order valence-electron chi connectivity index (χ1n) is 18.9. The molecule has 1 saturated carbocycles. The Kier molecular flexibility index (Phi) is 17.0. The molecule has 0 radical (unpaired) electrons. The van der Waals surface area contributed by atoms with Gasteiger partial charge >= 0.3 is 18.2 Å². The number of hydrogen-bond donors (Lipinski definition) is 3.